The van der Waals surface area contributed by atoms with Crippen molar-refractivity contribution in [3.63, 3.8) is 0 Å². The third-order valence-corrected chi connectivity index (χ3v) is 3.62. The molecule has 2 rings (SSSR count). The second-order valence-corrected chi connectivity index (χ2v) is 6.32. The molecule has 0 unspecified atom stereocenters. The average molecular weight is 288 g/mol. The highest BCUT2D eigenvalue weighted by molar-refractivity contribution is 5.75. The molecule has 1 N–H and O–H groups in total. The summed E-state index contributed by atoms with van der Waals surface area (Å²) in [5.74, 6) is -0.398. The van der Waals surface area contributed by atoms with E-state index >= 15 is 0 Å². The molecule has 0 amide bonds. The molecule has 1 heterocycles. The van der Waals surface area contributed by atoms with Crippen molar-refractivity contribution in [2.75, 3.05) is 0 Å². The van der Waals surface area contributed by atoms with E-state index in [0.29, 0.717) is 5.82 Å². The van der Waals surface area contributed by atoms with Crippen LogP contribution in [-0.4, -0.2) is 31.3 Å². The summed E-state index contributed by atoms with van der Waals surface area (Å²) in [6.07, 6.45) is 0.726. The second-order valence-electron chi connectivity index (χ2n) is 6.32. The van der Waals surface area contributed by atoms with Gasteiger partial charge in [0.1, 0.15) is 0 Å². The van der Waals surface area contributed by atoms with Gasteiger partial charge in [0.2, 0.25) is 0 Å². The zero-order valence-corrected chi connectivity index (χ0v) is 12.7. The number of carbonyl (C=O) groups is 1. The lowest BCUT2D eigenvalue weighted by atomic mass is 9.84. The van der Waals surface area contributed by atoms with Crippen molar-refractivity contribution in [2.45, 2.75) is 45.1 Å². The molecule has 0 bridgehead atoms. The lowest BCUT2D eigenvalue weighted by Gasteiger charge is -2.28. The molecule has 0 aliphatic rings. The van der Waals surface area contributed by atoms with Crippen molar-refractivity contribution in [1.29, 1.82) is 0 Å². The lowest BCUT2D eigenvalue weighted by Crippen LogP contribution is -2.41. The third-order valence-electron chi connectivity index (χ3n) is 3.62. The number of nitrogens with zero attached hydrogens (tertiary/aromatic N) is 4. The van der Waals surface area contributed by atoms with E-state index < -0.39 is 11.5 Å². The molecule has 1 aromatic carbocycles. The fourth-order valence-corrected chi connectivity index (χ4v) is 2.26. The van der Waals surface area contributed by atoms with Gasteiger partial charge < -0.3 is 5.11 Å². The van der Waals surface area contributed by atoms with Crippen molar-refractivity contribution >= 4 is 5.97 Å². The SMILES string of the molecule is CC(C)(Cc1ccccc1)c1nnnn1C(C)(C)C(=O)O. The van der Waals surface area contributed by atoms with Gasteiger partial charge >= 0.3 is 5.97 Å². The van der Waals surface area contributed by atoms with Gasteiger partial charge in [0.15, 0.2) is 11.4 Å². The van der Waals surface area contributed by atoms with E-state index in [0.717, 1.165) is 12.0 Å². The van der Waals surface area contributed by atoms with Gasteiger partial charge in [-0.05, 0) is 36.3 Å². The van der Waals surface area contributed by atoms with E-state index in [4.69, 9.17) is 0 Å². The molecule has 0 aliphatic carbocycles. The zero-order valence-electron chi connectivity index (χ0n) is 12.7. The summed E-state index contributed by atoms with van der Waals surface area (Å²) in [5.41, 5.74) is -0.408. The Bertz CT molecular complexity index is 632. The van der Waals surface area contributed by atoms with Crippen molar-refractivity contribution < 1.29 is 9.90 Å². The number of rotatable bonds is 5. The van der Waals surface area contributed by atoms with Crippen LogP contribution < -0.4 is 0 Å². The van der Waals surface area contributed by atoms with E-state index in [1.54, 1.807) is 13.8 Å². The van der Waals surface area contributed by atoms with Gasteiger partial charge in [-0.25, -0.2) is 9.48 Å². The number of tetrazole rings is 1. The predicted molar refractivity (Wildman–Crippen MR) is 77.9 cm³/mol. The highest BCUT2D eigenvalue weighted by Gasteiger charge is 2.38. The van der Waals surface area contributed by atoms with E-state index in [9.17, 15) is 9.90 Å². The monoisotopic (exact) mass is 288 g/mol. The van der Waals surface area contributed by atoms with Crippen molar-refractivity contribution in [3.05, 3.63) is 41.7 Å². The third kappa shape index (κ3) is 2.94. The minimum absolute atomic E-state index is 0.377. The largest absolute Gasteiger partial charge is 0.479 e. The molecular weight excluding hydrogens is 268 g/mol. The summed E-state index contributed by atoms with van der Waals surface area (Å²) in [6.45, 7) is 7.21. The summed E-state index contributed by atoms with van der Waals surface area (Å²) in [6, 6.07) is 10.0. The average Bonchev–Trinajstić information content (AvgIpc) is 2.89. The van der Waals surface area contributed by atoms with Gasteiger partial charge in [-0.1, -0.05) is 44.2 Å². The number of aromatic nitrogens is 4. The Morgan fingerprint density at radius 2 is 1.81 bits per heavy atom. The Kier molecular flexibility index (Phi) is 3.80. The van der Waals surface area contributed by atoms with Crippen molar-refractivity contribution in [1.82, 2.24) is 20.2 Å². The number of carboxylic acids is 1. The lowest BCUT2D eigenvalue weighted by molar-refractivity contribution is -0.146. The first-order chi connectivity index (χ1) is 9.75. The molecule has 6 heteroatoms. The fourth-order valence-electron chi connectivity index (χ4n) is 2.26. The molecule has 112 valence electrons. The standard InChI is InChI=1S/C15H20N4O2/c1-14(2,10-11-8-6-5-7-9-11)12-16-17-18-19(12)15(3,4)13(20)21/h5-9H,10H2,1-4H3,(H,20,21). The maximum atomic E-state index is 11.4. The van der Waals surface area contributed by atoms with E-state index in [2.05, 4.69) is 15.5 Å². The summed E-state index contributed by atoms with van der Waals surface area (Å²) in [7, 11) is 0. The Morgan fingerprint density at radius 1 is 1.19 bits per heavy atom. The molecule has 0 spiro atoms. The molecular formula is C15H20N4O2. The van der Waals surface area contributed by atoms with Gasteiger partial charge in [0, 0.05) is 5.41 Å². The number of aliphatic carboxylic acids is 1. The highest BCUT2D eigenvalue weighted by atomic mass is 16.4. The summed E-state index contributed by atoms with van der Waals surface area (Å²) < 4.78 is 1.40. The Labute approximate surface area is 123 Å². The minimum atomic E-state index is -1.19. The van der Waals surface area contributed by atoms with Crippen LogP contribution in [0.25, 0.3) is 0 Å². The first kappa shape index (κ1) is 15.2. The minimum Gasteiger partial charge on any atom is -0.479 e. The Hall–Kier alpha value is -2.24. The summed E-state index contributed by atoms with van der Waals surface area (Å²) >= 11 is 0. The van der Waals surface area contributed by atoms with Gasteiger partial charge in [0.05, 0.1) is 0 Å². The number of hydrogen-bond acceptors (Lipinski definition) is 4. The molecule has 1 aromatic heterocycles. The normalized spacial score (nSPS) is 12.4. The van der Waals surface area contributed by atoms with Crippen LogP contribution in [0.2, 0.25) is 0 Å². The molecule has 0 fully saturated rings. The van der Waals surface area contributed by atoms with Crippen LogP contribution in [0, 0.1) is 0 Å². The van der Waals surface area contributed by atoms with Crippen molar-refractivity contribution in [3.8, 4) is 0 Å². The van der Waals surface area contributed by atoms with Crippen LogP contribution in [0.4, 0.5) is 0 Å². The van der Waals surface area contributed by atoms with Gasteiger partial charge in [-0.3, -0.25) is 0 Å². The summed E-state index contributed by atoms with van der Waals surface area (Å²) in [5, 5.41) is 21.0. The maximum absolute atomic E-state index is 11.4. The van der Waals surface area contributed by atoms with Crippen LogP contribution in [0.15, 0.2) is 30.3 Å². The predicted octanol–water partition coefficient (Wildman–Crippen LogP) is 2.01. The second kappa shape index (κ2) is 5.27. The number of carboxylic acid groups (broad SMARTS) is 1. The molecule has 6 nitrogen and oxygen atoms in total. The smallest absolute Gasteiger partial charge is 0.331 e. The first-order valence-corrected chi connectivity index (χ1v) is 6.82. The maximum Gasteiger partial charge on any atom is 0.331 e. The molecule has 0 saturated carbocycles. The van der Waals surface area contributed by atoms with Crippen LogP contribution in [0.3, 0.4) is 0 Å². The number of benzene rings is 1. The summed E-state index contributed by atoms with van der Waals surface area (Å²) in [4.78, 5) is 11.4. The molecule has 2 aromatic rings. The van der Waals surface area contributed by atoms with Crippen LogP contribution >= 0.6 is 0 Å². The van der Waals surface area contributed by atoms with Gasteiger partial charge in [-0.2, -0.15) is 0 Å². The molecule has 0 saturated heterocycles. The molecule has 0 radical (unpaired) electrons. The zero-order chi connectivity index (χ0) is 15.7. The van der Waals surface area contributed by atoms with Crippen LogP contribution in [0.1, 0.15) is 39.1 Å². The molecule has 0 atom stereocenters. The highest BCUT2D eigenvalue weighted by Crippen LogP contribution is 2.28. The fraction of sp³-hybridized carbons (Fsp3) is 0.467. The number of hydrogen-bond donors (Lipinski definition) is 1. The molecule has 0 aliphatic heterocycles. The van der Waals surface area contributed by atoms with Gasteiger partial charge in [-0.15, -0.1) is 5.10 Å². The topological polar surface area (TPSA) is 80.9 Å². The Balaban J connectivity index is 2.38. The van der Waals surface area contributed by atoms with Crippen LogP contribution in [0.5, 0.6) is 0 Å². The van der Waals surface area contributed by atoms with E-state index in [-0.39, 0.29) is 5.41 Å². The van der Waals surface area contributed by atoms with Gasteiger partial charge in [0.25, 0.3) is 0 Å². The van der Waals surface area contributed by atoms with Crippen LogP contribution in [-0.2, 0) is 22.2 Å². The molecule has 21 heavy (non-hydrogen) atoms. The first-order valence-electron chi connectivity index (χ1n) is 6.82. The Morgan fingerprint density at radius 3 is 2.38 bits per heavy atom. The van der Waals surface area contributed by atoms with Crippen molar-refractivity contribution in [2.24, 2.45) is 0 Å². The van der Waals surface area contributed by atoms with E-state index in [1.807, 2.05) is 44.2 Å². The quantitative estimate of drug-likeness (QED) is 0.910. The van der Waals surface area contributed by atoms with E-state index in [1.165, 1.54) is 4.68 Å².